The van der Waals surface area contributed by atoms with Crippen LogP contribution in [0.1, 0.15) is 6.42 Å². The predicted molar refractivity (Wildman–Crippen MR) is 70.3 cm³/mol. The molecule has 88 valence electrons. The zero-order valence-electron chi connectivity index (χ0n) is 9.53. The summed E-state index contributed by atoms with van der Waals surface area (Å²) in [5.74, 6) is 3.13. The van der Waals surface area contributed by atoms with E-state index >= 15 is 0 Å². The first-order valence-electron chi connectivity index (χ1n) is 5.49. The van der Waals surface area contributed by atoms with Crippen LogP contribution in [0.3, 0.4) is 0 Å². The van der Waals surface area contributed by atoms with Crippen LogP contribution in [0, 0.1) is 0 Å². The van der Waals surface area contributed by atoms with Crippen LogP contribution in [0.15, 0.2) is 24.3 Å². The van der Waals surface area contributed by atoms with Crippen molar-refractivity contribution in [3.63, 3.8) is 0 Å². The lowest BCUT2D eigenvalue weighted by Crippen LogP contribution is -2.45. The molecule has 0 saturated carbocycles. The maximum absolute atomic E-state index is 5.89. The molecule has 2 rings (SSSR count). The fourth-order valence-electron chi connectivity index (χ4n) is 1.95. The summed E-state index contributed by atoms with van der Waals surface area (Å²) in [6.07, 6.45) is 1.12. The molecule has 0 spiro atoms. The van der Waals surface area contributed by atoms with E-state index in [0.717, 1.165) is 23.6 Å². The van der Waals surface area contributed by atoms with Gasteiger partial charge in [0, 0.05) is 12.3 Å². The lowest BCUT2D eigenvalue weighted by molar-refractivity contribution is 0.414. The van der Waals surface area contributed by atoms with Gasteiger partial charge in [-0.05, 0) is 24.3 Å². The van der Waals surface area contributed by atoms with Crippen LogP contribution in [0.25, 0.3) is 0 Å². The molecule has 1 unspecified atom stereocenters. The van der Waals surface area contributed by atoms with E-state index in [1.165, 1.54) is 5.75 Å². The van der Waals surface area contributed by atoms with E-state index in [4.69, 9.17) is 10.5 Å². The van der Waals surface area contributed by atoms with Gasteiger partial charge in [0.15, 0.2) is 0 Å². The van der Waals surface area contributed by atoms with Gasteiger partial charge in [-0.3, -0.25) is 0 Å². The summed E-state index contributed by atoms with van der Waals surface area (Å²) in [5, 5.41) is 3.55. The van der Waals surface area contributed by atoms with Crippen molar-refractivity contribution in [2.24, 2.45) is 5.73 Å². The molecule has 1 aliphatic heterocycles. The number of nitrogens with two attached hydrogens (primary N) is 1. The summed E-state index contributed by atoms with van der Waals surface area (Å²) in [4.78, 5) is 0. The van der Waals surface area contributed by atoms with Crippen molar-refractivity contribution in [2.75, 3.05) is 30.5 Å². The number of rotatable bonds is 4. The number of para-hydroxylation sites is 2. The summed E-state index contributed by atoms with van der Waals surface area (Å²) in [6.45, 7) is 0.665. The molecule has 0 radical (unpaired) electrons. The second-order valence-corrected chi connectivity index (χ2v) is 5.22. The molecule has 0 amide bonds. The van der Waals surface area contributed by atoms with E-state index < -0.39 is 0 Å². The molecular weight excluding hydrogens is 220 g/mol. The average molecular weight is 238 g/mol. The van der Waals surface area contributed by atoms with Gasteiger partial charge in [-0.2, -0.15) is 11.8 Å². The van der Waals surface area contributed by atoms with E-state index in [0.29, 0.717) is 6.54 Å². The number of hydrogen-bond donors (Lipinski definition) is 2. The Morgan fingerprint density at radius 1 is 1.50 bits per heavy atom. The van der Waals surface area contributed by atoms with Gasteiger partial charge in [0.1, 0.15) is 5.75 Å². The molecule has 3 nitrogen and oxygen atoms in total. The first kappa shape index (κ1) is 11.6. The first-order valence-corrected chi connectivity index (χ1v) is 6.64. The molecule has 1 fully saturated rings. The normalized spacial score (nSPS) is 24.4. The minimum atomic E-state index is 0.0410. The summed E-state index contributed by atoms with van der Waals surface area (Å²) >= 11 is 1.95. The van der Waals surface area contributed by atoms with Crippen LogP contribution >= 0.6 is 11.8 Å². The Balaban J connectivity index is 2.18. The van der Waals surface area contributed by atoms with E-state index in [1.54, 1.807) is 7.11 Å². The maximum Gasteiger partial charge on any atom is 0.141 e. The number of anilines is 1. The molecular formula is C12H18N2OS. The number of methoxy groups -OCH3 is 1. The Kier molecular flexibility index (Phi) is 3.61. The Bertz CT molecular complexity index is 351. The topological polar surface area (TPSA) is 47.3 Å². The second kappa shape index (κ2) is 4.97. The lowest BCUT2D eigenvalue weighted by atomic mass is 9.98. The first-order chi connectivity index (χ1) is 7.79. The summed E-state index contributed by atoms with van der Waals surface area (Å²) in [6, 6.07) is 7.99. The van der Waals surface area contributed by atoms with Crippen LogP contribution in [0.2, 0.25) is 0 Å². The molecule has 0 aromatic heterocycles. The van der Waals surface area contributed by atoms with E-state index in [1.807, 2.05) is 36.0 Å². The average Bonchev–Trinajstić information content (AvgIpc) is 2.79. The molecule has 4 heteroatoms. The van der Waals surface area contributed by atoms with Gasteiger partial charge in [0.2, 0.25) is 0 Å². The van der Waals surface area contributed by atoms with Crippen molar-refractivity contribution in [1.82, 2.24) is 0 Å². The molecule has 1 saturated heterocycles. The molecule has 1 aromatic rings. The Morgan fingerprint density at radius 3 is 2.94 bits per heavy atom. The zero-order chi connectivity index (χ0) is 11.4. The summed E-state index contributed by atoms with van der Waals surface area (Å²) in [7, 11) is 1.69. The highest BCUT2D eigenvalue weighted by Crippen LogP contribution is 2.33. The van der Waals surface area contributed by atoms with Crippen molar-refractivity contribution in [1.29, 1.82) is 0 Å². The third-order valence-corrected chi connectivity index (χ3v) is 4.25. The van der Waals surface area contributed by atoms with Crippen molar-refractivity contribution >= 4 is 17.4 Å². The van der Waals surface area contributed by atoms with Crippen LogP contribution in [0.4, 0.5) is 5.69 Å². The molecule has 3 N–H and O–H groups in total. The van der Waals surface area contributed by atoms with E-state index in [-0.39, 0.29) is 5.54 Å². The van der Waals surface area contributed by atoms with Crippen LogP contribution in [-0.4, -0.2) is 30.7 Å². The quantitative estimate of drug-likeness (QED) is 0.841. The highest BCUT2D eigenvalue weighted by atomic mass is 32.2. The molecule has 1 atom stereocenters. The monoisotopic (exact) mass is 238 g/mol. The molecule has 16 heavy (non-hydrogen) atoms. The van der Waals surface area contributed by atoms with Gasteiger partial charge in [0.25, 0.3) is 0 Å². The molecule has 0 aliphatic carbocycles. The largest absolute Gasteiger partial charge is 0.495 e. The smallest absolute Gasteiger partial charge is 0.141 e. The molecule has 1 heterocycles. The lowest BCUT2D eigenvalue weighted by Gasteiger charge is -2.30. The molecule has 1 aromatic carbocycles. The SMILES string of the molecule is COc1ccccc1NC1(CN)CCSC1. The van der Waals surface area contributed by atoms with Gasteiger partial charge in [0.05, 0.1) is 18.3 Å². The fraction of sp³-hybridized carbons (Fsp3) is 0.500. The van der Waals surface area contributed by atoms with Gasteiger partial charge in [-0.25, -0.2) is 0 Å². The number of nitrogens with one attached hydrogen (secondary N) is 1. The standard InChI is InChI=1S/C12H18N2OS/c1-15-11-5-3-2-4-10(11)14-12(8-13)6-7-16-9-12/h2-5,14H,6-9,13H2,1H3. The maximum atomic E-state index is 5.89. The zero-order valence-corrected chi connectivity index (χ0v) is 10.3. The van der Waals surface area contributed by atoms with Crippen LogP contribution in [-0.2, 0) is 0 Å². The highest BCUT2D eigenvalue weighted by Gasteiger charge is 2.33. The van der Waals surface area contributed by atoms with Gasteiger partial charge >= 0.3 is 0 Å². The summed E-state index contributed by atoms with van der Waals surface area (Å²) < 4.78 is 5.33. The third kappa shape index (κ3) is 2.28. The van der Waals surface area contributed by atoms with Crippen molar-refractivity contribution in [2.45, 2.75) is 12.0 Å². The van der Waals surface area contributed by atoms with Crippen LogP contribution in [0.5, 0.6) is 5.75 Å². The number of ether oxygens (including phenoxy) is 1. The Hall–Kier alpha value is -0.870. The van der Waals surface area contributed by atoms with Crippen molar-refractivity contribution in [3.05, 3.63) is 24.3 Å². The minimum absolute atomic E-state index is 0.0410. The number of thioether (sulfide) groups is 1. The Morgan fingerprint density at radius 2 is 2.31 bits per heavy atom. The van der Waals surface area contributed by atoms with Gasteiger partial charge < -0.3 is 15.8 Å². The number of hydrogen-bond acceptors (Lipinski definition) is 4. The van der Waals surface area contributed by atoms with Crippen molar-refractivity contribution in [3.8, 4) is 5.75 Å². The fourth-order valence-corrected chi connectivity index (χ4v) is 3.36. The number of benzene rings is 1. The Labute approximate surface area is 101 Å². The van der Waals surface area contributed by atoms with E-state index in [9.17, 15) is 0 Å². The highest BCUT2D eigenvalue weighted by molar-refractivity contribution is 7.99. The minimum Gasteiger partial charge on any atom is -0.495 e. The predicted octanol–water partition coefficient (Wildman–Crippen LogP) is 1.94. The van der Waals surface area contributed by atoms with Crippen molar-refractivity contribution < 1.29 is 4.74 Å². The van der Waals surface area contributed by atoms with Crippen LogP contribution < -0.4 is 15.8 Å². The van der Waals surface area contributed by atoms with Gasteiger partial charge in [-0.15, -0.1) is 0 Å². The molecule has 0 bridgehead atoms. The van der Waals surface area contributed by atoms with E-state index in [2.05, 4.69) is 5.32 Å². The van der Waals surface area contributed by atoms with Gasteiger partial charge in [-0.1, -0.05) is 12.1 Å². The third-order valence-electron chi connectivity index (χ3n) is 3.00. The molecule has 1 aliphatic rings. The second-order valence-electron chi connectivity index (χ2n) is 4.11. The summed E-state index contributed by atoms with van der Waals surface area (Å²) in [5.41, 5.74) is 6.97.